The third-order valence-electron chi connectivity index (χ3n) is 7.32. The van der Waals surface area contributed by atoms with Gasteiger partial charge in [0, 0.05) is 44.3 Å². The van der Waals surface area contributed by atoms with E-state index in [1.165, 1.54) is 11.3 Å². The maximum Gasteiger partial charge on any atom is 0.230 e. The fraction of sp³-hybridized carbons (Fsp3) is 0.538. The van der Waals surface area contributed by atoms with Crippen LogP contribution in [0.5, 0.6) is 0 Å². The number of likely N-dealkylation sites (N-methyl/N-ethyl adjacent to an activating group) is 1. The summed E-state index contributed by atoms with van der Waals surface area (Å²) in [7, 11) is 2.17. The van der Waals surface area contributed by atoms with Crippen LogP contribution in [0.15, 0.2) is 42.6 Å². The highest BCUT2D eigenvalue weighted by Crippen LogP contribution is 2.32. The number of nitrogens with zero attached hydrogens (tertiary/aromatic N) is 4. The molecule has 3 heterocycles. The molecule has 1 aromatic heterocycles. The summed E-state index contributed by atoms with van der Waals surface area (Å²) in [5.74, 6) is 0.167. The molecule has 32 heavy (non-hydrogen) atoms. The van der Waals surface area contributed by atoms with Gasteiger partial charge in [-0.2, -0.15) is 0 Å². The van der Waals surface area contributed by atoms with Gasteiger partial charge in [0.05, 0.1) is 17.6 Å². The van der Waals surface area contributed by atoms with Crippen molar-refractivity contribution in [1.29, 1.82) is 0 Å². The topological polar surface area (TPSA) is 59.9 Å². The van der Waals surface area contributed by atoms with Crippen molar-refractivity contribution in [2.24, 2.45) is 5.92 Å². The largest absolute Gasteiger partial charge is 0.384 e. The van der Waals surface area contributed by atoms with Gasteiger partial charge < -0.3 is 19.8 Å². The number of aromatic nitrogens is 1. The number of benzene rings is 1. The van der Waals surface area contributed by atoms with Gasteiger partial charge in [-0.25, -0.2) is 0 Å². The molecule has 2 aliphatic rings. The van der Waals surface area contributed by atoms with Gasteiger partial charge in [-0.15, -0.1) is 0 Å². The van der Waals surface area contributed by atoms with Crippen LogP contribution in [0.25, 0.3) is 0 Å². The number of anilines is 2. The van der Waals surface area contributed by atoms with Crippen molar-refractivity contribution in [3.05, 3.63) is 53.9 Å². The molecule has 0 spiro atoms. The molecule has 172 valence electrons. The summed E-state index contributed by atoms with van der Waals surface area (Å²) < 4.78 is 0. The Morgan fingerprint density at radius 3 is 2.41 bits per heavy atom. The van der Waals surface area contributed by atoms with Crippen molar-refractivity contribution in [2.75, 3.05) is 49.6 Å². The van der Waals surface area contributed by atoms with E-state index >= 15 is 0 Å². The van der Waals surface area contributed by atoms with Crippen LogP contribution in [0.4, 0.5) is 11.4 Å². The molecule has 2 fully saturated rings. The Balaban J connectivity index is 1.46. The normalized spacial score (nSPS) is 20.2. The molecule has 2 saturated heterocycles. The van der Waals surface area contributed by atoms with Crippen molar-refractivity contribution in [1.82, 2.24) is 9.88 Å². The molecule has 1 aromatic carbocycles. The molecule has 2 aromatic rings. The Hall–Kier alpha value is -2.44. The first kappa shape index (κ1) is 22.7. The molecule has 1 amide bonds. The average Bonchev–Trinajstić information content (AvgIpc) is 3.19. The zero-order chi connectivity index (χ0) is 22.7. The maximum absolute atomic E-state index is 13.3. The van der Waals surface area contributed by atoms with E-state index < -0.39 is 5.60 Å². The van der Waals surface area contributed by atoms with E-state index in [-0.39, 0.29) is 11.8 Å². The highest BCUT2D eigenvalue weighted by molar-refractivity contribution is 5.97. The summed E-state index contributed by atoms with van der Waals surface area (Å²) in [6.07, 6.45) is 4.60. The maximum atomic E-state index is 13.3. The highest BCUT2D eigenvalue weighted by atomic mass is 16.3. The SMILES string of the molecule is CCC(O)(CC)c1ccc(N2CC[C@H](Cc3ccccc3N3CCN(C)CC3)C2=O)cn1. The van der Waals surface area contributed by atoms with E-state index in [0.717, 1.165) is 44.7 Å². The van der Waals surface area contributed by atoms with E-state index in [0.29, 0.717) is 25.1 Å². The molecule has 6 nitrogen and oxygen atoms in total. The molecule has 0 aliphatic carbocycles. The quantitative estimate of drug-likeness (QED) is 0.721. The van der Waals surface area contributed by atoms with Gasteiger partial charge >= 0.3 is 0 Å². The first-order chi connectivity index (χ1) is 15.4. The van der Waals surface area contributed by atoms with Gasteiger partial charge in [-0.1, -0.05) is 32.0 Å². The number of rotatable bonds is 7. The fourth-order valence-corrected chi connectivity index (χ4v) is 4.92. The third-order valence-corrected chi connectivity index (χ3v) is 7.32. The van der Waals surface area contributed by atoms with Crippen LogP contribution in [0.3, 0.4) is 0 Å². The average molecular weight is 437 g/mol. The number of carbonyl (C=O) groups excluding carboxylic acids is 1. The first-order valence-electron chi connectivity index (χ1n) is 12.0. The summed E-state index contributed by atoms with van der Waals surface area (Å²) in [6, 6.07) is 12.3. The molecule has 0 saturated carbocycles. The van der Waals surface area contributed by atoms with Crippen LogP contribution >= 0.6 is 0 Å². The standard InChI is InChI=1S/C26H36N4O2/c1-4-26(32,5-2)24-11-10-22(19-27-24)30-13-12-21(25(30)31)18-20-8-6-7-9-23(20)29-16-14-28(3)15-17-29/h6-11,19,21,32H,4-5,12-18H2,1-3H3/t21-/m1/s1. The van der Waals surface area contributed by atoms with Gasteiger partial charge in [-0.3, -0.25) is 9.78 Å². The summed E-state index contributed by atoms with van der Waals surface area (Å²) in [5.41, 5.74) is 3.14. The molecular formula is C26H36N4O2. The lowest BCUT2D eigenvalue weighted by atomic mass is 9.93. The molecule has 1 N–H and O–H groups in total. The molecule has 1 atom stereocenters. The Labute approximate surface area is 191 Å². The first-order valence-corrected chi connectivity index (χ1v) is 12.0. The summed E-state index contributed by atoms with van der Waals surface area (Å²) in [4.78, 5) is 24.4. The van der Waals surface area contributed by atoms with Gasteiger partial charge in [0.2, 0.25) is 5.91 Å². The van der Waals surface area contributed by atoms with Gasteiger partial charge in [0.1, 0.15) is 5.60 Å². The number of para-hydroxylation sites is 1. The Kier molecular flexibility index (Phi) is 6.82. The van der Waals surface area contributed by atoms with Gasteiger partial charge in [-0.05, 0) is 56.5 Å². The summed E-state index contributed by atoms with van der Waals surface area (Å²) in [6.45, 7) is 8.84. The lowest BCUT2D eigenvalue weighted by molar-refractivity contribution is -0.120. The highest BCUT2D eigenvalue weighted by Gasteiger charge is 2.34. The van der Waals surface area contributed by atoms with Crippen molar-refractivity contribution in [3.8, 4) is 0 Å². The monoisotopic (exact) mass is 436 g/mol. The number of piperazine rings is 1. The zero-order valence-corrected chi connectivity index (χ0v) is 19.6. The number of hydrogen-bond donors (Lipinski definition) is 1. The molecule has 0 bridgehead atoms. The predicted molar refractivity (Wildman–Crippen MR) is 129 cm³/mol. The Morgan fingerprint density at radius 1 is 1.03 bits per heavy atom. The van der Waals surface area contributed by atoms with Crippen molar-refractivity contribution < 1.29 is 9.90 Å². The number of pyridine rings is 1. The van der Waals surface area contributed by atoms with E-state index in [2.05, 4.69) is 46.1 Å². The number of carbonyl (C=O) groups is 1. The minimum Gasteiger partial charge on any atom is -0.384 e. The number of aliphatic hydroxyl groups is 1. The van der Waals surface area contributed by atoms with E-state index in [1.54, 1.807) is 6.20 Å². The van der Waals surface area contributed by atoms with Crippen LogP contribution in [0.2, 0.25) is 0 Å². The Morgan fingerprint density at radius 2 is 1.75 bits per heavy atom. The summed E-state index contributed by atoms with van der Waals surface area (Å²) >= 11 is 0. The predicted octanol–water partition coefficient (Wildman–Crippen LogP) is 3.44. The molecule has 4 rings (SSSR count). The van der Waals surface area contributed by atoms with E-state index in [9.17, 15) is 9.90 Å². The second kappa shape index (κ2) is 9.59. The zero-order valence-electron chi connectivity index (χ0n) is 19.6. The number of hydrogen-bond acceptors (Lipinski definition) is 5. The van der Waals surface area contributed by atoms with Crippen molar-refractivity contribution >= 4 is 17.3 Å². The number of amides is 1. The minimum atomic E-state index is -0.900. The molecule has 0 unspecified atom stereocenters. The van der Waals surface area contributed by atoms with Gasteiger partial charge in [0.15, 0.2) is 0 Å². The second-order valence-electron chi connectivity index (χ2n) is 9.24. The lowest BCUT2D eigenvalue weighted by Crippen LogP contribution is -2.44. The molecule has 2 aliphatic heterocycles. The van der Waals surface area contributed by atoms with Crippen molar-refractivity contribution in [2.45, 2.75) is 45.1 Å². The second-order valence-corrected chi connectivity index (χ2v) is 9.24. The Bertz CT molecular complexity index is 918. The lowest BCUT2D eigenvalue weighted by Gasteiger charge is -2.35. The van der Waals surface area contributed by atoms with E-state index in [1.807, 2.05) is 30.9 Å². The minimum absolute atomic E-state index is 0.00786. The third kappa shape index (κ3) is 4.52. The smallest absolute Gasteiger partial charge is 0.230 e. The van der Waals surface area contributed by atoms with Crippen molar-refractivity contribution in [3.63, 3.8) is 0 Å². The molecular weight excluding hydrogens is 400 g/mol. The van der Waals surface area contributed by atoms with Gasteiger partial charge in [0.25, 0.3) is 0 Å². The van der Waals surface area contributed by atoms with E-state index in [4.69, 9.17) is 0 Å². The molecule has 0 radical (unpaired) electrons. The van der Waals surface area contributed by atoms with Crippen LogP contribution in [-0.2, 0) is 16.8 Å². The van der Waals surface area contributed by atoms with Crippen LogP contribution < -0.4 is 9.80 Å². The van der Waals surface area contributed by atoms with Crippen LogP contribution in [0.1, 0.15) is 44.4 Å². The molecule has 6 heteroatoms. The van der Waals surface area contributed by atoms with Crippen LogP contribution in [-0.4, -0.2) is 60.7 Å². The fourth-order valence-electron chi connectivity index (χ4n) is 4.92. The summed E-state index contributed by atoms with van der Waals surface area (Å²) in [5, 5.41) is 10.7. The van der Waals surface area contributed by atoms with Crippen LogP contribution in [0, 0.1) is 5.92 Å².